The number of halogens is 1. The number of nitrogens with one attached hydrogen (secondary N) is 1. The summed E-state index contributed by atoms with van der Waals surface area (Å²) < 4.78 is 29.9. The third-order valence-corrected chi connectivity index (χ3v) is 5.07. The first kappa shape index (κ1) is 19.6. The molecule has 0 unspecified atom stereocenters. The average molecular weight is 429 g/mol. The molecule has 1 amide bonds. The first-order valence-electron chi connectivity index (χ1n) is 9.73. The fraction of sp³-hybridized carbons (Fsp3) is 0.0400. The summed E-state index contributed by atoms with van der Waals surface area (Å²) in [7, 11) is 1.53. The Hall–Kier alpha value is -4.39. The number of hydrogen-bond donors (Lipinski definition) is 1. The second-order valence-electron chi connectivity index (χ2n) is 7.14. The molecule has 6 nitrogen and oxygen atoms in total. The lowest BCUT2D eigenvalue weighted by Gasteiger charge is -2.06. The van der Waals surface area contributed by atoms with Crippen LogP contribution in [0.1, 0.15) is 10.6 Å². The van der Waals surface area contributed by atoms with E-state index in [9.17, 15) is 14.0 Å². The number of ether oxygens (including phenoxy) is 1. The molecule has 0 aliphatic rings. The van der Waals surface area contributed by atoms with Crippen molar-refractivity contribution in [1.29, 1.82) is 0 Å². The summed E-state index contributed by atoms with van der Waals surface area (Å²) in [5.74, 6) is 0.135. The zero-order valence-electron chi connectivity index (χ0n) is 16.8. The fourth-order valence-corrected chi connectivity index (χ4v) is 3.49. The van der Waals surface area contributed by atoms with Crippen molar-refractivity contribution >= 4 is 33.5 Å². The first-order chi connectivity index (χ1) is 15.5. The molecule has 0 radical (unpaired) electrons. The summed E-state index contributed by atoms with van der Waals surface area (Å²) in [5.41, 5.74) is 1.55. The molecule has 0 bridgehead atoms. The molecule has 0 atom stereocenters. The number of benzene rings is 3. The Morgan fingerprint density at radius 1 is 0.969 bits per heavy atom. The molecule has 5 rings (SSSR count). The van der Waals surface area contributed by atoms with Gasteiger partial charge in [-0.3, -0.25) is 9.59 Å². The molecule has 0 spiro atoms. The number of hydrogen-bond acceptors (Lipinski definition) is 5. The summed E-state index contributed by atoms with van der Waals surface area (Å²) >= 11 is 0. The molecule has 0 aliphatic carbocycles. The molecule has 2 aromatic heterocycles. The van der Waals surface area contributed by atoms with Gasteiger partial charge in [-0.2, -0.15) is 0 Å². The predicted molar refractivity (Wildman–Crippen MR) is 119 cm³/mol. The van der Waals surface area contributed by atoms with E-state index in [4.69, 9.17) is 13.6 Å². The number of amides is 1. The van der Waals surface area contributed by atoms with Crippen LogP contribution in [0.3, 0.4) is 0 Å². The summed E-state index contributed by atoms with van der Waals surface area (Å²) in [6.45, 7) is 0. The van der Waals surface area contributed by atoms with Crippen LogP contribution in [0.2, 0.25) is 0 Å². The number of anilines is 1. The van der Waals surface area contributed by atoms with Crippen LogP contribution in [0.15, 0.2) is 86.4 Å². The Kier molecular flexibility index (Phi) is 4.71. The topological polar surface area (TPSA) is 81.7 Å². The highest BCUT2D eigenvalue weighted by Crippen LogP contribution is 2.29. The van der Waals surface area contributed by atoms with Crippen LogP contribution in [-0.2, 0) is 0 Å². The molecule has 0 saturated heterocycles. The van der Waals surface area contributed by atoms with Crippen molar-refractivity contribution in [2.45, 2.75) is 0 Å². The molecule has 0 aliphatic heterocycles. The Labute approximate surface area is 180 Å². The summed E-state index contributed by atoms with van der Waals surface area (Å²) in [4.78, 5) is 25.3. The van der Waals surface area contributed by atoms with Crippen LogP contribution >= 0.6 is 0 Å². The van der Waals surface area contributed by atoms with E-state index in [-0.39, 0.29) is 17.0 Å². The van der Waals surface area contributed by atoms with E-state index in [1.807, 2.05) is 6.07 Å². The van der Waals surface area contributed by atoms with Gasteiger partial charge < -0.3 is 18.9 Å². The van der Waals surface area contributed by atoms with E-state index in [0.717, 1.165) is 5.39 Å². The van der Waals surface area contributed by atoms with Gasteiger partial charge in [0.15, 0.2) is 22.5 Å². The van der Waals surface area contributed by atoms with Gasteiger partial charge in [-0.15, -0.1) is 0 Å². The van der Waals surface area contributed by atoms with E-state index in [1.54, 1.807) is 30.3 Å². The Balaban J connectivity index is 1.45. The van der Waals surface area contributed by atoms with E-state index < -0.39 is 5.91 Å². The zero-order valence-corrected chi connectivity index (χ0v) is 16.8. The van der Waals surface area contributed by atoms with Crippen LogP contribution in [-0.4, -0.2) is 13.0 Å². The van der Waals surface area contributed by atoms with Crippen LogP contribution < -0.4 is 15.5 Å². The van der Waals surface area contributed by atoms with Gasteiger partial charge in [-0.05, 0) is 54.6 Å². The number of carbonyl (C=O) groups is 1. The van der Waals surface area contributed by atoms with Crippen molar-refractivity contribution in [3.8, 4) is 17.1 Å². The zero-order chi connectivity index (χ0) is 22.2. The lowest BCUT2D eigenvalue weighted by molar-refractivity contribution is 0.0998. The minimum absolute atomic E-state index is 0.114. The molecule has 5 aromatic rings. The Bertz CT molecular complexity index is 1530. The second kappa shape index (κ2) is 7.70. The van der Waals surface area contributed by atoms with Crippen molar-refractivity contribution in [3.63, 3.8) is 0 Å². The van der Waals surface area contributed by atoms with Gasteiger partial charge in [0.1, 0.15) is 17.2 Å². The maximum Gasteiger partial charge on any atom is 0.291 e. The minimum atomic E-state index is -0.463. The van der Waals surface area contributed by atoms with Crippen LogP contribution in [0.4, 0.5) is 10.1 Å². The molecule has 0 saturated carbocycles. The van der Waals surface area contributed by atoms with Gasteiger partial charge in [-0.1, -0.05) is 12.1 Å². The summed E-state index contributed by atoms with van der Waals surface area (Å²) in [6.07, 6.45) is 0. The third-order valence-electron chi connectivity index (χ3n) is 5.07. The lowest BCUT2D eigenvalue weighted by atomic mass is 10.1. The monoisotopic (exact) mass is 429 g/mol. The lowest BCUT2D eigenvalue weighted by Crippen LogP contribution is -2.11. The van der Waals surface area contributed by atoms with Gasteiger partial charge in [0.25, 0.3) is 5.91 Å². The smallest absolute Gasteiger partial charge is 0.291 e. The van der Waals surface area contributed by atoms with E-state index in [2.05, 4.69) is 5.32 Å². The standard InChI is InChI=1S/C25H16FNO5/c1-30-21-4-2-3-15-11-23(32-24(15)21)25(29)27-17-9-10-20-18(12-17)19(28)13-22(31-20)14-5-7-16(26)8-6-14/h2-13H,1H3,(H,27,29). The van der Waals surface area contributed by atoms with Gasteiger partial charge in [0.2, 0.25) is 0 Å². The van der Waals surface area contributed by atoms with Crippen LogP contribution in [0, 0.1) is 5.82 Å². The van der Waals surface area contributed by atoms with Gasteiger partial charge >= 0.3 is 0 Å². The van der Waals surface area contributed by atoms with Crippen LogP contribution in [0.25, 0.3) is 33.3 Å². The highest BCUT2D eigenvalue weighted by Gasteiger charge is 2.16. The highest BCUT2D eigenvalue weighted by atomic mass is 19.1. The number of rotatable bonds is 4. The largest absolute Gasteiger partial charge is 0.493 e. The number of carbonyl (C=O) groups excluding carboxylic acids is 1. The molecular weight excluding hydrogens is 413 g/mol. The van der Waals surface area contributed by atoms with Crippen molar-refractivity contribution in [1.82, 2.24) is 0 Å². The molecule has 158 valence electrons. The molecule has 7 heteroatoms. The quantitative estimate of drug-likeness (QED) is 0.402. The second-order valence-corrected chi connectivity index (χ2v) is 7.14. The molecular formula is C25H16FNO5. The molecule has 2 heterocycles. The van der Waals surface area contributed by atoms with E-state index >= 15 is 0 Å². The normalized spacial score (nSPS) is 11.1. The van der Waals surface area contributed by atoms with Crippen molar-refractivity contribution in [3.05, 3.63) is 94.6 Å². The fourth-order valence-electron chi connectivity index (χ4n) is 3.49. The molecule has 0 fully saturated rings. The van der Waals surface area contributed by atoms with E-state index in [0.29, 0.717) is 39.3 Å². The number of methoxy groups -OCH3 is 1. The molecule has 3 aromatic carbocycles. The SMILES string of the molecule is COc1cccc2cc(C(=O)Nc3ccc4oc(-c5ccc(F)cc5)cc(=O)c4c3)oc12. The van der Waals surface area contributed by atoms with Crippen molar-refractivity contribution < 1.29 is 22.8 Å². The first-order valence-corrected chi connectivity index (χ1v) is 9.73. The minimum Gasteiger partial charge on any atom is -0.493 e. The predicted octanol–water partition coefficient (Wildman–Crippen LogP) is 5.61. The third kappa shape index (κ3) is 3.50. The maximum atomic E-state index is 13.2. The van der Waals surface area contributed by atoms with Gasteiger partial charge in [0, 0.05) is 22.7 Å². The summed E-state index contributed by atoms with van der Waals surface area (Å²) in [6, 6.07) is 18.8. The average Bonchev–Trinajstić information content (AvgIpc) is 3.24. The van der Waals surface area contributed by atoms with Crippen molar-refractivity contribution in [2.75, 3.05) is 12.4 Å². The number of fused-ring (bicyclic) bond motifs is 2. The molecule has 1 N–H and O–H groups in total. The summed E-state index contributed by atoms with van der Waals surface area (Å²) in [5, 5.41) is 3.78. The van der Waals surface area contributed by atoms with E-state index in [1.165, 1.54) is 43.5 Å². The number of para-hydroxylation sites is 1. The highest BCUT2D eigenvalue weighted by molar-refractivity contribution is 6.05. The van der Waals surface area contributed by atoms with Crippen molar-refractivity contribution in [2.24, 2.45) is 0 Å². The van der Waals surface area contributed by atoms with Crippen LogP contribution in [0.5, 0.6) is 5.75 Å². The Morgan fingerprint density at radius 3 is 2.56 bits per heavy atom. The molecule has 32 heavy (non-hydrogen) atoms. The Morgan fingerprint density at radius 2 is 1.78 bits per heavy atom. The number of furan rings is 1. The maximum absolute atomic E-state index is 13.2. The van der Waals surface area contributed by atoms with Gasteiger partial charge in [0.05, 0.1) is 12.5 Å². The van der Waals surface area contributed by atoms with Gasteiger partial charge in [-0.25, -0.2) is 4.39 Å².